The third-order valence-corrected chi connectivity index (χ3v) is 5.24. The highest BCUT2D eigenvalue weighted by Crippen LogP contribution is 2.18. The molecule has 0 radical (unpaired) electrons. The van der Waals surface area contributed by atoms with Crippen LogP contribution < -0.4 is 5.32 Å². The van der Waals surface area contributed by atoms with E-state index >= 15 is 0 Å². The highest BCUT2D eigenvalue weighted by atomic mass is 16.5. The standard InChI is InChI=1S/C19H30N4O2/c1-22-10-6-17(7-11-22)23(14-16-4-8-20-9-5-16)15-19(24)21-13-18-3-2-12-25-18/h4-5,8-9,17-18H,2-3,6-7,10-15H2,1H3,(H,21,24)/t18-/m0/s1. The number of nitrogens with one attached hydrogen (secondary N) is 1. The van der Waals surface area contributed by atoms with Gasteiger partial charge in [0.25, 0.3) is 0 Å². The van der Waals surface area contributed by atoms with E-state index in [9.17, 15) is 4.79 Å². The molecule has 1 atom stereocenters. The maximum atomic E-state index is 12.5. The van der Waals surface area contributed by atoms with Crippen molar-refractivity contribution < 1.29 is 9.53 Å². The summed E-state index contributed by atoms with van der Waals surface area (Å²) in [5.74, 6) is 0.100. The van der Waals surface area contributed by atoms with Crippen molar-refractivity contribution in [1.82, 2.24) is 20.1 Å². The summed E-state index contributed by atoms with van der Waals surface area (Å²) in [5.41, 5.74) is 1.21. The molecule has 1 aromatic heterocycles. The van der Waals surface area contributed by atoms with Crippen molar-refractivity contribution in [3.05, 3.63) is 30.1 Å². The minimum Gasteiger partial charge on any atom is -0.376 e. The third kappa shape index (κ3) is 5.76. The lowest BCUT2D eigenvalue weighted by atomic mass is 10.0. The van der Waals surface area contributed by atoms with Crippen molar-refractivity contribution in [3.63, 3.8) is 0 Å². The lowest BCUT2D eigenvalue weighted by Crippen LogP contribution is -2.48. The summed E-state index contributed by atoms with van der Waals surface area (Å²) in [6.07, 6.45) is 8.21. The van der Waals surface area contributed by atoms with Crippen LogP contribution >= 0.6 is 0 Å². The molecule has 1 amide bonds. The molecule has 2 aliphatic heterocycles. The molecule has 0 saturated carbocycles. The number of pyridine rings is 1. The topological polar surface area (TPSA) is 57.7 Å². The van der Waals surface area contributed by atoms with Gasteiger partial charge in [-0.1, -0.05) is 0 Å². The second-order valence-corrected chi connectivity index (χ2v) is 7.23. The van der Waals surface area contributed by atoms with Crippen molar-refractivity contribution in [2.45, 2.75) is 44.4 Å². The predicted molar refractivity (Wildman–Crippen MR) is 97.1 cm³/mol. The van der Waals surface area contributed by atoms with Crippen molar-refractivity contribution in [2.75, 3.05) is 39.8 Å². The molecule has 1 N–H and O–H groups in total. The molecule has 2 fully saturated rings. The number of hydrogen-bond donors (Lipinski definition) is 1. The molecule has 3 heterocycles. The Bertz CT molecular complexity index is 525. The maximum Gasteiger partial charge on any atom is 0.234 e. The summed E-state index contributed by atoms with van der Waals surface area (Å²) < 4.78 is 5.59. The van der Waals surface area contributed by atoms with Crippen LogP contribution in [0.4, 0.5) is 0 Å². The number of likely N-dealkylation sites (tertiary alicyclic amines) is 1. The maximum absolute atomic E-state index is 12.5. The summed E-state index contributed by atoms with van der Waals surface area (Å²) in [6, 6.07) is 4.52. The van der Waals surface area contributed by atoms with Gasteiger partial charge in [-0.25, -0.2) is 0 Å². The summed E-state index contributed by atoms with van der Waals surface area (Å²) >= 11 is 0. The average Bonchev–Trinajstić information content (AvgIpc) is 3.15. The van der Waals surface area contributed by atoms with Crippen LogP contribution in [-0.4, -0.2) is 72.7 Å². The number of amides is 1. The fourth-order valence-electron chi connectivity index (χ4n) is 3.67. The lowest BCUT2D eigenvalue weighted by molar-refractivity contribution is -0.123. The van der Waals surface area contributed by atoms with Gasteiger partial charge in [0.1, 0.15) is 0 Å². The van der Waals surface area contributed by atoms with Crippen LogP contribution in [0.25, 0.3) is 0 Å². The van der Waals surface area contributed by atoms with Gasteiger partial charge in [-0.3, -0.25) is 14.7 Å². The van der Waals surface area contributed by atoms with Gasteiger partial charge in [-0.2, -0.15) is 0 Å². The zero-order valence-corrected chi connectivity index (χ0v) is 15.2. The number of rotatable bonds is 7. The number of carbonyl (C=O) groups is 1. The van der Waals surface area contributed by atoms with E-state index in [4.69, 9.17) is 4.74 Å². The minimum absolute atomic E-state index is 0.100. The second-order valence-electron chi connectivity index (χ2n) is 7.23. The largest absolute Gasteiger partial charge is 0.376 e. The number of carbonyl (C=O) groups excluding carboxylic acids is 1. The van der Waals surface area contributed by atoms with Crippen LogP contribution in [0.3, 0.4) is 0 Å². The van der Waals surface area contributed by atoms with E-state index in [2.05, 4.69) is 27.1 Å². The molecule has 6 heteroatoms. The van der Waals surface area contributed by atoms with Gasteiger partial charge in [0.2, 0.25) is 5.91 Å². The van der Waals surface area contributed by atoms with E-state index in [0.717, 1.165) is 51.9 Å². The van der Waals surface area contributed by atoms with Crippen LogP contribution in [0.1, 0.15) is 31.2 Å². The van der Waals surface area contributed by atoms with E-state index < -0.39 is 0 Å². The van der Waals surface area contributed by atoms with Gasteiger partial charge in [-0.05, 0) is 63.5 Å². The number of hydrogen-bond acceptors (Lipinski definition) is 5. The Morgan fingerprint density at radius 3 is 2.76 bits per heavy atom. The first-order chi connectivity index (χ1) is 12.2. The molecular weight excluding hydrogens is 316 g/mol. The molecule has 0 bridgehead atoms. The summed E-state index contributed by atoms with van der Waals surface area (Å²) in [4.78, 5) is 21.3. The number of aromatic nitrogens is 1. The highest BCUT2D eigenvalue weighted by molar-refractivity contribution is 5.78. The van der Waals surface area contributed by atoms with E-state index in [1.165, 1.54) is 5.56 Å². The zero-order chi connectivity index (χ0) is 17.5. The van der Waals surface area contributed by atoms with Crippen LogP contribution in [-0.2, 0) is 16.1 Å². The first-order valence-corrected chi connectivity index (χ1v) is 9.40. The van der Waals surface area contributed by atoms with Gasteiger partial charge in [-0.15, -0.1) is 0 Å². The van der Waals surface area contributed by atoms with Crippen LogP contribution in [0, 0.1) is 0 Å². The van der Waals surface area contributed by atoms with Crippen molar-refractivity contribution in [3.8, 4) is 0 Å². The molecule has 1 aromatic rings. The summed E-state index contributed by atoms with van der Waals surface area (Å²) in [7, 11) is 2.16. The van der Waals surface area contributed by atoms with Crippen molar-refractivity contribution >= 4 is 5.91 Å². The van der Waals surface area contributed by atoms with Crippen LogP contribution in [0.15, 0.2) is 24.5 Å². The fraction of sp³-hybridized carbons (Fsp3) is 0.684. The van der Waals surface area contributed by atoms with E-state index in [1.807, 2.05) is 24.5 Å². The molecule has 0 unspecified atom stereocenters. The number of nitrogens with zero attached hydrogens (tertiary/aromatic N) is 3. The van der Waals surface area contributed by atoms with E-state index in [1.54, 1.807) is 0 Å². The van der Waals surface area contributed by atoms with Gasteiger partial charge < -0.3 is 15.0 Å². The highest BCUT2D eigenvalue weighted by Gasteiger charge is 2.25. The molecule has 2 aliphatic rings. The average molecular weight is 346 g/mol. The molecule has 6 nitrogen and oxygen atoms in total. The molecule has 0 aromatic carbocycles. The van der Waals surface area contributed by atoms with Crippen LogP contribution in [0.2, 0.25) is 0 Å². The molecule has 2 saturated heterocycles. The Hall–Kier alpha value is -1.50. The van der Waals surface area contributed by atoms with Gasteiger partial charge in [0, 0.05) is 38.1 Å². The molecule has 25 heavy (non-hydrogen) atoms. The Morgan fingerprint density at radius 2 is 2.08 bits per heavy atom. The Kier molecular flexibility index (Phi) is 6.78. The van der Waals surface area contributed by atoms with E-state index in [0.29, 0.717) is 19.1 Å². The van der Waals surface area contributed by atoms with E-state index in [-0.39, 0.29) is 12.0 Å². The molecule has 0 spiro atoms. The van der Waals surface area contributed by atoms with Crippen LogP contribution in [0.5, 0.6) is 0 Å². The molecule has 3 rings (SSSR count). The predicted octanol–water partition coefficient (Wildman–Crippen LogP) is 1.27. The smallest absolute Gasteiger partial charge is 0.234 e. The first-order valence-electron chi connectivity index (χ1n) is 9.40. The lowest BCUT2D eigenvalue weighted by Gasteiger charge is -2.37. The van der Waals surface area contributed by atoms with Gasteiger partial charge >= 0.3 is 0 Å². The SMILES string of the molecule is CN1CCC(N(CC(=O)NC[C@@H]2CCCO2)Cc2ccncc2)CC1. The summed E-state index contributed by atoms with van der Waals surface area (Å²) in [6.45, 7) is 4.89. The zero-order valence-electron chi connectivity index (χ0n) is 15.2. The summed E-state index contributed by atoms with van der Waals surface area (Å²) in [5, 5.41) is 3.06. The second kappa shape index (κ2) is 9.27. The van der Waals surface area contributed by atoms with Crippen molar-refractivity contribution in [2.24, 2.45) is 0 Å². The minimum atomic E-state index is 0.100. The van der Waals surface area contributed by atoms with Crippen molar-refractivity contribution in [1.29, 1.82) is 0 Å². The Labute approximate surface area is 150 Å². The number of piperidine rings is 1. The third-order valence-electron chi connectivity index (χ3n) is 5.24. The van der Waals surface area contributed by atoms with Gasteiger partial charge in [0.15, 0.2) is 0 Å². The quantitative estimate of drug-likeness (QED) is 0.806. The normalized spacial score (nSPS) is 22.4. The fourth-order valence-corrected chi connectivity index (χ4v) is 3.67. The van der Waals surface area contributed by atoms with Gasteiger partial charge in [0.05, 0.1) is 12.6 Å². The first kappa shape index (κ1) is 18.3. The molecule has 138 valence electrons. The Morgan fingerprint density at radius 1 is 1.32 bits per heavy atom. The monoisotopic (exact) mass is 346 g/mol. The molecular formula is C19H30N4O2. The molecule has 0 aliphatic carbocycles. The Balaban J connectivity index is 1.55. The number of ether oxygens (including phenoxy) is 1.